The molecule has 0 fully saturated rings. The maximum atomic E-state index is 12.2. The number of hydrogen-bond acceptors (Lipinski definition) is 4. The lowest BCUT2D eigenvalue weighted by atomic mass is 10.1. The Balaban J connectivity index is 2.10. The maximum Gasteiger partial charge on any atom is 0.242 e. The van der Waals surface area contributed by atoms with E-state index in [2.05, 4.69) is 4.72 Å². The van der Waals surface area contributed by atoms with E-state index in [0.717, 1.165) is 0 Å². The largest absolute Gasteiger partial charge is 0.497 e. The fraction of sp³-hybridized carbons (Fsp3) is 0.200. The number of ether oxygens (including phenoxy) is 1. The molecule has 0 heterocycles. The zero-order valence-electron chi connectivity index (χ0n) is 11.9. The van der Waals surface area contributed by atoms with E-state index in [-0.39, 0.29) is 16.5 Å². The fourth-order valence-electron chi connectivity index (χ4n) is 1.90. The molecular formula is C15H16ClNO4S. The minimum atomic E-state index is -3.78. The first kappa shape index (κ1) is 16.8. The van der Waals surface area contributed by atoms with Gasteiger partial charge in [0.25, 0.3) is 0 Å². The molecule has 0 amide bonds. The van der Waals surface area contributed by atoms with Gasteiger partial charge in [-0.1, -0.05) is 35.9 Å². The molecule has 0 radical (unpaired) electrons. The van der Waals surface area contributed by atoms with Gasteiger partial charge in [0, 0.05) is 6.54 Å². The minimum Gasteiger partial charge on any atom is -0.497 e. The molecule has 2 aromatic carbocycles. The van der Waals surface area contributed by atoms with Gasteiger partial charge < -0.3 is 9.84 Å². The van der Waals surface area contributed by atoms with E-state index in [9.17, 15) is 13.5 Å². The van der Waals surface area contributed by atoms with Crippen LogP contribution in [0.15, 0.2) is 53.4 Å². The molecule has 7 heteroatoms. The second-order valence-electron chi connectivity index (χ2n) is 4.57. The van der Waals surface area contributed by atoms with Crippen LogP contribution in [0.3, 0.4) is 0 Å². The van der Waals surface area contributed by atoms with Crippen molar-refractivity contribution in [2.24, 2.45) is 0 Å². The van der Waals surface area contributed by atoms with Gasteiger partial charge in [-0.25, -0.2) is 13.1 Å². The summed E-state index contributed by atoms with van der Waals surface area (Å²) in [7, 11) is -2.26. The molecule has 0 bridgehead atoms. The van der Waals surface area contributed by atoms with Crippen LogP contribution in [0, 0.1) is 0 Å². The average Bonchev–Trinajstić information content (AvgIpc) is 2.53. The van der Waals surface area contributed by atoms with Gasteiger partial charge in [0.1, 0.15) is 10.6 Å². The van der Waals surface area contributed by atoms with Gasteiger partial charge in [-0.2, -0.15) is 0 Å². The summed E-state index contributed by atoms with van der Waals surface area (Å²) in [5.74, 6) is 0.588. The van der Waals surface area contributed by atoms with Gasteiger partial charge in [0.2, 0.25) is 10.0 Å². The molecule has 0 aliphatic rings. The molecule has 1 unspecified atom stereocenters. The lowest BCUT2D eigenvalue weighted by molar-refractivity contribution is 0.181. The summed E-state index contributed by atoms with van der Waals surface area (Å²) in [6.07, 6.45) is -0.993. The van der Waals surface area contributed by atoms with Crippen LogP contribution in [0.5, 0.6) is 5.75 Å². The molecule has 5 nitrogen and oxygen atoms in total. The van der Waals surface area contributed by atoms with Gasteiger partial charge in [-0.05, 0) is 29.8 Å². The molecule has 0 aliphatic heterocycles. The second-order valence-corrected chi connectivity index (χ2v) is 6.72. The highest BCUT2D eigenvalue weighted by molar-refractivity contribution is 7.89. The lowest BCUT2D eigenvalue weighted by Gasteiger charge is -2.14. The monoisotopic (exact) mass is 341 g/mol. The van der Waals surface area contributed by atoms with E-state index >= 15 is 0 Å². The predicted octanol–water partition coefficient (Wildman–Crippen LogP) is 2.36. The molecule has 0 aliphatic carbocycles. The number of benzene rings is 2. The lowest BCUT2D eigenvalue weighted by Crippen LogP contribution is -2.28. The zero-order valence-corrected chi connectivity index (χ0v) is 13.4. The van der Waals surface area contributed by atoms with Crippen LogP contribution in [-0.2, 0) is 10.0 Å². The number of aliphatic hydroxyl groups is 1. The molecule has 22 heavy (non-hydrogen) atoms. The SMILES string of the molecule is COc1cccc(C(O)CNS(=O)(=O)c2ccccc2Cl)c1. The van der Waals surface area contributed by atoms with E-state index in [1.807, 2.05) is 0 Å². The molecule has 0 saturated heterocycles. The van der Waals surface area contributed by atoms with Crippen LogP contribution in [0.25, 0.3) is 0 Å². The third-order valence-electron chi connectivity index (χ3n) is 3.07. The average molecular weight is 342 g/mol. The maximum absolute atomic E-state index is 12.2. The molecule has 0 spiro atoms. The molecule has 2 N–H and O–H groups in total. The van der Waals surface area contributed by atoms with Crippen molar-refractivity contribution in [2.75, 3.05) is 13.7 Å². The molecule has 118 valence electrons. The van der Waals surface area contributed by atoms with Crippen molar-refractivity contribution in [2.45, 2.75) is 11.0 Å². The summed E-state index contributed by atoms with van der Waals surface area (Å²) in [6, 6.07) is 12.9. The van der Waals surface area contributed by atoms with Crippen LogP contribution in [-0.4, -0.2) is 27.2 Å². The molecule has 0 saturated carbocycles. The summed E-state index contributed by atoms with van der Waals surface area (Å²) >= 11 is 5.88. The summed E-state index contributed by atoms with van der Waals surface area (Å²) in [6.45, 7) is -0.166. The van der Waals surface area contributed by atoms with Crippen LogP contribution in [0.1, 0.15) is 11.7 Å². The van der Waals surface area contributed by atoms with Crippen molar-refractivity contribution in [3.8, 4) is 5.75 Å². The number of rotatable bonds is 6. The number of nitrogens with one attached hydrogen (secondary N) is 1. The normalized spacial score (nSPS) is 12.9. The third kappa shape index (κ3) is 3.98. The topological polar surface area (TPSA) is 75.6 Å². The van der Waals surface area contributed by atoms with Gasteiger partial charge in [-0.3, -0.25) is 0 Å². The van der Waals surface area contributed by atoms with Gasteiger partial charge in [0.15, 0.2) is 0 Å². The quantitative estimate of drug-likeness (QED) is 0.845. The standard InChI is InChI=1S/C15H16ClNO4S/c1-21-12-6-4-5-11(9-12)14(18)10-17-22(19,20)15-8-3-2-7-13(15)16/h2-9,14,17-18H,10H2,1H3. The van der Waals surface area contributed by atoms with E-state index in [1.54, 1.807) is 36.4 Å². The van der Waals surface area contributed by atoms with Crippen molar-refractivity contribution in [1.82, 2.24) is 4.72 Å². The Labute approximate surface area is 134 Å². The minimum absolute atomic E-state index is 0.0190. The van der Waals surface area contributed by atoms with Crippen molar-refractivity contribution >= 4 is 21.6 Å². The Morgan fingerprint density at radius 1 is 1.23 bits per heavy atom. The van der Waals surface area contributed by atoms with Crippen LogP contribution in [0.4, 0.5) is 0 Å². The van der Waals surface area contributed by atoms with Crippen molar-refractivity contribution in [3.05, 3.63) is 59.1 Å². The van der Waals surface area contributed by atoms with Crippen LogP contribution in [0.2, 0.25) is 5.02 Å². The summed E-state index contributed by atoms with van der Waals surface area (Å²) in [4.78, 5) is -0.0190. The van der Waals surface area contributed by atoms with E-state index in [0.29, 0.717) is 11.3 Å². The van der Waals surface area contributed by atoms with Gasteiger partial charge >= 0.3 is 0 Å². The highest BCUT2D eigenvalue weighted by Gasteiger charge is 2.19. The summed E-state index contributed by atoms with van der Waals surface area (Å²) in [5.41, 5.74) is 0.557. The van der Waals surface area contributed by atoms with Crippen molar-refractivity contribution in [3.63, 3.8) is 0 Å². The highest BCUT2D eigenvalue weighted by Crippen LogP contribution is 2.22. The number of methoxy groups -OCH3 is 1. The number of halogens is 1. The first-order valence-electron chi connectivity index (χ1n) is 6.50. The van der Waals surface area contributed by atoms with Gasteiger partial charge in [0.05, 0.1) is 18.2 Å². The number of hydrogen-bond donors (Lipinski definition) is 2. The first-order chi connectivity index (χ1) is 10.4. The van der Waals surface area contributed by atoms with E-state index < -0.39 is 16.1 Å². The Hall–Kier alpha value is -1.60. The first-order valence-corrected chi connectivity index (χ1v) is 8.36. The Morgan fingerprint density at radius 2 is 1.95 bits per heavy atom. The fourth-order valence-corrected chi connectivity index (χ4v) is 3.45. The van der Waals surface area contributed by atoms with Crippen molar-refractivity contribution < 1.29 is 18.3 Å². The number of sulfonamides is 1. The second kappa shape index (κ2) is 7.11. The third-order valence-corrected chi connectivity index (χ3v) is 4.99. The van der Waals surface area contributed by atoms with E-state index in [4.69, 9.17) is 16.3 Å². The molecular weight excluding hydrogens is 326 g/mol. The number of aliphatic hydroxyl groups excluding tert-OH is 1. The van der Waals surface area contributed by atoms with Gasteiger partial charge in [-0.15, -0.1) is 0 Å². The van der Waals surface area contributed by atoms with Crippen molar-refractivity contribution in [1.29, 1.82) is 0 Å². The molecule has 0 aromatic heterocycles. The Kier molecular flexibility index (Phi) is 5.42. The summed E-state index contributed by atoms with van der Waals surface area (Å²) in [5, 5.41) is 10.2. The predicted molar refractivity (Wildman–Crippen MR) is 84.6 cm³/mol. The smallest absolute Gasteiger partial charge is 0.242 e. The highest BCUT2D eigenvalue weighted by atomic mass is 35.5. The van der Waals surface area contributed by atoms with E-state index in [1.165, 1.54) is 19.2 Å². The van der Waals surface area contributed by atoms with Crippen LogP contribution < -0.4 is 9.46 Å². The molecule has 1 atom stereocenters. The molecule has 2 rings (SSSR count). The zero-order chi connectivity index (χ0) is 16.2. The van der Waals surface area contributed by atoms with Crippen LogP contribution >= 0.6 is 11.6 Å². The molecule has 2 aromatic rings. The Bertz CT molecular complexity index is 749. The summed E-state index contributed by atoms with van der Waals surface area (Å²) < 4.78 is 31.8. The Morgan fingerprint density at radius 3 is 2.64 bits per heavy atom.